The van der Waals surface area contributed by atoms with E-state index < -0.39 is 0 Å². The lowest BCUT2D eigenvalue weighted by Gasteiger charge is -2.01. The molecule has 0 saturated carbocycles. The van der Waals surface area contributed by atoms with Crippen LogP contribution < -0.4 is 10.1 Å². The smallest absolute Gasteiger partial charge is 0.118 e. The van der Waals surface area contributed by atoms with Crippen LogP contribution in [0, 0.1) is 0 Å². The molecule has 0 unspecified atom stereocenters. The molecule has 2 rings (SSSR count). The lowest BCUT2D eigenvalue weighted by atomic mass is 10.2. The van der Waals surface area contributed by atoms with Gasteiger partial charge in [0.1, 0.15) is 5.75 Å². The number of anilines is 1. The van der Waals surface area contributed by atoms with E-state index in [0.29, 0.717) is 0 Å². The molecule has 0 amide bonds. The van der Waals surface area contributed by atoms with Crippen molar-refractivity contribution in [2.45, 2.75) is 6.92 Å². The molecule has 2 aromatic rings. The van der Waals surface area contributed by atoms with Gasteiger partial charge in [-0.1, -0.05) is 0 Å². The molecule has 1 aromatic carbocycles. The molecule has 84 valence electrons. The first-order valence-corrected chi connectivity index (χ1v) is 6.18. The van der Waals surface area contributed by atoms with Crippen molar-refractivity contribution in [3.8, 4) is 16.2 Å². The van der Waals surface area contributed by atoms with E-state index in [-0.39, 0.29) is 0 Å². The fourth-order valence-electron chi connectivity index (χ4n) is 1.54. The topological polar surface area (TPSA) is 21.3 Å². The second-order valence-corrected chi connectivity index (χ2v) is 4.37. The van der Waals surface area contributed by atoms with E-state index in [1.807, 2.05) is 12.1 Å². The van der Waals surface area contributed by atoms with Gasteiger partial charge in [-0.05, 0) is 42.8 Å². The highest BCUT2D eigenvalue weighted by Crippen LogP contribution is 2.30. The average molecular weight is 233 g/mol. The number of thiophene rings is 1. The monoisotopic (exact) mass is 233 g/mol. The van der Waals surface area contributed by atoms with Crippen molar-refractivity contribution < 1.29 is 4.74 Å². The van der Waals surface area contributed by atoms with Crippen molar-refractivity contribution in [3.05, 3.63) is 35.7 Å². The summed E-state index contributed by atoms with van der Waals surface area (Å²) in [4.78, 5) is 1.28. The Balaban J connectivity index is 2.21. The Morgan fingerprint density at radius 1 is 1.25 bits per heavy atom. The summed E-state index contributed by atoms with van der Waals surface area (Å²) in [5.41, 5.74) is 2.42. The van der Waals surface area contributed by atoms with Crippen LogP contribution in [0.3, 0.4) is 0 Å². The van der Waals surface area contributed by atoms with Crippen molar-refractivity contribution in [1.29, 1.82) is 0 Å². The van der Waals surface area contributed by atoms with E-state index in [1.54, 1.807) is 18.4 Å². The Kier molecular flexibility index (Phi) is 3.47. The van der Waals surface area contributed by atoms with Gasteiger partial charge in [-0.2, -0.15) is 0 Å². The standard InChI is InChI=1S/C13H15NOS/c1-3-14-11-8-13(16-9-11)10-4-6-12(15-2)7-5-10/h4-9,14H,3H2,1-2H3. The fraction of sp³-hybridized carbons (Fsp3) is 0.231. The third-order valence-electron chi connectivity index (χ3n) is 2.35. The van der Waals surface area contributed by atoms with E-state index in [1.165, 1.54) is 16.1 Å². The molecule has 0 aliphatic heterocycles. The third kappa shape index (κ3) is 2.36. The molecule has 0 spiro atoms. The number of hydrogen-bond acceptors (Lipinski definition) is 3. The zero-order valence-electron chi connectivity index (χ0n) is 9.49. The minimum Gasteiger partial charge on any atom is -0.497 e. The zero-order valence-corrected chi connectivity index (χ0v) is 10.3. The minimum atomic E-state index is 0.896. The van der Waals surface area contributed by atoms with Gasteiger partial charge in [-0.3, -0.25) is 0 Å². The number of benzene rings is 1. The van der Waals surface area contributed by atoms with Crippen LogP contribution in [0.25, 0.3) is 10.4 Å². The Labute approximate surface area is 99.9 Å². The van der Waals surface area contributed by atoms with E-state index in [0.717, 1.165) is 12.3 Å². The highest BCUT2D eigenvalue weighted by Gasteiger charge is 2.02. The molecule has 16 heavy (non-hydrogen) atoms. The number of ether oxygens (including phenoxy) is 1. The molecule has 1 N–H and O–H groups in total. The van der Waals surface area contributed by atoms with Crippen molar-refractivity contribution in [1.82, 2.24) is 0 Å². The second-order valence-electron chi connectivity index (χ2n) is 3.46. The Hall–Kier alpha value is -1.48. The quantitative estimate of drug-likeness (QED) is 0.866. The summed E-state index contributed by atoms with van der Waals surface area (Å²) in [7, 11) is 1.68. The van der Waals surface area contributed by atoms with Crippen LogP contribution in [-0.4, -0.2) is 13.7 Å². The molecule has 0 saturated heterocycles. The Morgan fingerprint density at radius 3 is 2.62 bits per heavy atom. The summed E-state index contributed by atoms with van der Waals surface area (Å²) < 4.78 is 5.14. The van der Waals surface area contributed by atoms with Crippen LogP contribution >= 0.6 is 11.3 Å². The normalized spacial score (nSPS) is 10.1. The summed E-state index contributed by atoms with van der Waals surface area (Å²) >= 11 is 1.75. The van der Waals surface area contributed by atoms with Crippen molar-refractivity contribution in [2.75, 3.05) is 19.0 Å². The molecule has 1 aromatic heterocycles. The maximum atomic E-state index is 5.14. The van der Waals surface area contributed by atoms with Crippen molar-refractivity contribution in [2.24, 2.45) is 0 Å². The van der Waals surface area contributed by atoms with Gasteiger partial charge in [-0.25, -0.2) is 0 Å². The molecule has 0 atom stereocenters. The summed E-state index contributed by atoms with van der Waals surface area (Å²) in [5.74, 6) is 0.896. The van der Waals surface area contributed by atoms with Crippen LogP contribution in [0.5, 0.6) is 5.75 Å². The highest BCUT2D eigenvalue weighted by molar-refractivity contribution is 7.14. The highest BCUT2D eigenvalue weighted by atomic mass is 32.1. The molecular weight excluding hydrogens is 218 g/mol. The van der Waals surface area contributed by atoms with Crippen molar-refractivity contribution in [3.63, 3.8) is 0 Å². The first-order valence-electron chi connectivity index (χ1n) is 5.30. The van der Waals surface area contributed by atoms with Gasteiger partial charge in [0.2, 0.25) is 0 Å². The molecule has 0 aliphatic rings. The second kappa shape index (κ2) is 5.03. The van der Waals surface area contributed by atoms with Gasteiger partial charge in [0.15, 0.2) is 0 Å². The SMILES string of the molecule is CCNc1csc(-c2ccc(OC)cc2)c1. The molecule has 0 radical (unpaired) electrons. The first-order chi connectivity index (χ1) is 7.83. The van der Waals surface area contributed by atoms with E-state index in [9.17, 15) is 0 Å². The average Bonchev–Trinajstić information content (AvgIpc) is 2.78. The number of nitrogens with one attached hydrogen (secondary N) is 1. The van der Waals surface area contributed by atoms with Gasteiger partial charge in [0.05, 0.1) is 7.11 Å². The van der Waals surface area contributed by atoms with Crippen LogP contribution in [-0.2, 0) is 0 Å². The summed E-state index contributed by atoms with van der Waals surface area (Å²) in [6.45, 7) is 3.06. The largest absolute Gasteiger partial charge is 0.497 e. The lowest BCUT2D eigenvalue weighted by molar-refractivity contribution is 0.415. The first kappa shape index (κ1) is 11.0. The lowest BCUT2D eigenvalue weighted by Crippen LogP contribution is -1.93. The van der Waals surface area contributed by atoms with E-state index in [2.05, 4.69) is 35.8 Å². The third-order valence-corrected chi connectivity index (χ3v) is 3.33. The Bertz CT molecular complexity index is 447. The molecule has 0 aliphatic carbocycles. The predicted molar refractivity (Wildman–Crippen MR) is 70.5 cm³/mol. The number of rotatable bonds is 4. The predicted octanol–water partition coefficient (Wildman–Crippen LogP) is 3.86. The van der Waals surface area contributed by atoms with Crippen LogP contribution in [0.2, 0.25) is 0 Å². The number of methoxy groups -OCH3 is 1. The molecular formula is C13H15NOS. The summed E-state index contributed by atoms with van der Waals surface area (Å²) in [5, 5.41) is 5.45. The van der Waals surface area contributed by atoms with Gasteiger partial charge >= 0.3 is 0 Å². The molecule has 0 fully saturated rings. The van der Waals surface area contributed by atoms with Gasteiger partial charge < -0.3 is 10.1 Å². The number of hydrogen-bond donors (Lipinski definition) is 1. The van der Waals surface area contributed by atoms with Crippen molar-refractivity contribution >= 4 is 17.0 Å². The zero-order chi connectivity index (χ0) is 11.4. The maximum absolute atomic E-state index is 5.14. The van der Waals surface area contributed by atoms with E-state index >= 15 is 0 Å². The van der Waals surface area contributed by atoms with Crippen LogP contribution in [0.1, 0.15) is 6.92 Å². The molecule has 1 heterocycles. The van der Waals surface area contributed by atoms with Gasteiger partial charge in [0, 0.05) is 22.5 Å². The maximum Gasteiger partial charge on any atom is 0.118 e. The molecule has 3 heteroatoms. The molecule has 0 bridgehead atoms. The summed E-state index contributed by atoms with van der Waals surface area (Å²) in [6, 6.07) is 10.3. The fourth-order valence-corrected chi connectivity index (χ4v) is 2.41. The summed E-state index contributed by atoms with van der Waals surface area (Å²) in [6.07, 6.45) is 0. The van der Waals surface area contributed by atoms with Crippen LogP contribution in [0.15, 0.2) is 35.7 Å². The van der Waals surface area contributed by atoms with Gasteiger partial charge in [0.25, 0.3) is 0 Å². The van der Waals surface area contributed by atoms with Crippen LogP contribution in [0.4, 0.5) is 5.69 Å². The molecule has 2 nitrogen and oxygen atoms in total. The minimum absolute atomic E-state index is 0.896. The van der Waals surface area contributed by atoms with Gasteiger partial charge in [-0.15, -0.1) is 11.3 Å². The Morgan fingerprint density at radius 2 is 2.00 bits per heavy atom. The van der Waals surface area contributed by atoms with E-state index in [4.69, 9.17) is 4.74 Å².